The van der Waals surface area contributed by atoms with Gasteiger partial charge in [0.1, 0.15) is 23.7 Å². The second-order valence-corrected chi connectivity index (χ2v) is 8.55. The molecule has 2 aromatic carbocycles. The monoisotopic (exact) mass is 407 g/mol. The molecule has 3 aliphatic rings. The molecule has 0 aromatic heterocycles. The topological polar surface area (TPSA) is 88.1 Å². The third-order valence-corrected chi connectivity index (χ3v) is 6.73. The number of benzene rings is 2. The zero-order valence-electron chi connectivity index (χ0n) is 16.5. The SMILES string of the molecule is CC(C)[C@@H]1[NH2+]C2(C(=O)c3ccccc3C2=O)[C@@H]2C(=O)N(c3ccc(F)cc3)C(=O)[C@@H]21. The molecule has 0 bridgehead atoms. The van der Waals surface area contributed by atoms with Crippen LogP contribution in [-0.2, 0) is 9.59 Å². The molecule has 2 N–H and O–H groups in total. The van der Waals surface area contributed by atoms with Crippen LogP contribution in [0.15, 0.2) is 48.5 Å². The lowest BCUT2D eigenvalue weighted by Gasteiger charge is -2.26. The third kappa shape index (κ3) is 2.15. The van der Waals surface area contributed by atoms with Gasteiger partial charge in [-0.15, -0.1) is 0 Å². The molecule has 2 aromatic rings. The number of Topliss-reactive ketones (excluding diaryl/α,β-unsaturated/α-hetero) is 2. The van der Waals surface area contributed by atoms with Crippen molar-refractivity contribution in [2.75, 3.05) is 4.90 Å². The maximum absolute atomic E-state index is 13.5. The van der Waals surface area contributed by atoms with Gasteiger partial charge in [0.15, 0.2) is 0 Å². The predicted molar refractivity (Wildman–Crippen MR) is 104 cm³/mol. The number of imide groups is 1. The predicted octanol–water partition coefficient (Wildman–Crippen LogP) is 1.35. The van der Waals surface area contributed by atoms with Gasteiger partial charge in [0.25, 0.3) is 0 Å². The molecule has 30 heavy (non-hydrogen) atoms. The van der Waals surface area contributed by atoms with Crippen LogP contribution in [0, 0.1) is 23.6 Å². The van der Waals surface area contributed by atoms with Crippen molar-refractivity contribution in [3.05, 3.63) is 65.5 Å². The number of rotatable bonds is 2. The standard InChI is InChI=1S/C23H19FN2O4/c1-11(2)18-16-17(22(30)26(21(16)29)13-9-7-12(24)8-10-13)23(25-18)19(27)14-5-3-4-6-15(14)20(23)28/h3-11,16-18,25H,1-2H3/p+1/t16-,17-,18-/m0/s1. The van der Waals surface area contributed by atoms with E-state index in [2.05, 4.69) is 0 Å². The number of halogens is 1. The molecule has 2 aliphatic heterocycles. The fourth-order valence-corrected chi connectivity index (χ4v) is 5.38. The molecule has 0 radical (unpaired) electrons. The highest BCUT2D eigenvalue weighted by Gasteiger charge is 2.77. The molecule has 6 nitrogen and oxygen atoms in total. The second kappa shape index (κ2) is 6.15. The number of carbonyl (C=O) groups is 4. The van der Waals surface area contributed by atoms with Crippen molar-refractivity contribution in [1.82, 2.24) is 0 Å². The van der Waals surface area contributed by atoms with Crippen LogP contribution in [0.3, 0.4) is 0 Å². The average Bonchev–Trinajstić information content (AvgIpc) is 3.29. The van der Waals surface area contributed by atoms with Crippen LogP contribution in [0.25, 0.3) is 0 Å². The average molecular weight is 407 g/mol. The van der Waals surface area contributed by atoms with Crippen molar-refractivity contribution in [2.45, 2.75) is 25.4 Å². The molecule has 0 saturated carbocycles. The van der Waals surface area contributed by atoms with Crippen molar-refractivity contribution >= 4 is 29.1 Å². The Morgan fingerprint density at radius 3 is 2.00 bits per heavy atom. The quantitative estimate of drug-likeness (QED) is 0.601. The molecule has 3 atom stereocenters. The first-order chi connectivity index (χ1) is 14.3. The summed E-state index contributed by atoms with van der Waals surface area (Å²) in [5.74, 6) is -4.28. The Hall–Kier alpha value is -3.19. The second-order valence-electron chi connectivity index (χ2n) is 8.55. The lowest BCUT2D eigenvalue weighted by molar-refractivity contribution is -0.715. The number of nitrogens with two attached hydrogens (primary N) is 1. The highest BCUT2D eigenvalue weighted by molar-refractivity contribution is 6.36. The van der Waals surface area contributed by atoms with Gasteiger partial charge in [-0.05, 0) is 24.3 Å². The maximum atomic E-state index is 13.5. The Bertz CT molecular complexity index is 1090. The van der Waals surface area contributed by atoms with Gasteiger partial charge in [0.05, 0.1) is 5.69 Å². The molecular formula is C23H20FN2O4+. The van der Waals surface area contributed by atoms with Crippen LogP contribution < -0.4 is 10.2 Å². The number of hydrogen-bond acceptors (Lipinski definition) is 4. The Balaban J connectivity index is 1.67. The molecular weight excluding hydrogens is 387 g/mol. The summed E-state index contributed by atoms with van der Waals surface area (Å²) in [5.41, 5.74) is -0.830. The lowest BCUT2D eigenvalue weighted by atomic mass is 9.76. The van der Waals surface area contributed by atoms with Crippen molar-refractivity contribution in [1.29, 1.82) is 0 Å². The van der Waals surface area contributed by atoms with E-state index in [0.717, 1.165) is 4.90 Å². The van der Waals surface area contributed by atoms with E-state index in [4.69, 9.17) is 0 Å². The highest BCUT2D eigenvalue weighted by Crippen LogP contribution is 2.47. The number of nitrogens with zero attached hydrogens (tertiary/aromatic N) is 1. The van der Waals surface area contributed by atoms with Crippen LogP contribution in [0.4, 0.5) is 10.1 Å². The maximum Gasteiger partial charge on any atom is 0.245 e. The van der Waals surface area contributed by atoms with Gasteiger partial charge in [0.2, 0.25) is 28.9 Å². The van der Waals surface area contributed by atoms with Crippen molar-refractivity contribution < 1.29 is 28.9 Å². The number of fused-ring (bicyclic) bond motifs is 3. The molecule has 2 saturated heterocycles. The molecule has 2 amide bonds. The minimum Gasteiger partial charge on any atom is -0.324 e. The summed E-state index contributed by atoms with van der Waals surface area (Å²) in [6.07, 6.45) is 0. The number of carbonyl (C=O) groups excluding carboxylic acids is 4. The summed E-state index contributed by atoms with van der Waals surface area (Å²) in [6, 6.07) is 11.2. The molecule has 1 spiro atoms. The van der Waals surface area contributed by atoms with E-state index in [-0.39, 0.29) is 11.6 Å². The minimum atomic E-state index is -1.66. The fourth-order valence-electron chi connectivity index (χ4n) is 5.38. The Labute approximate surface area is 172 Å². The van der Waals surface area contributed by atoms with Crippen LogP contribution >= 0.6 is 0 Å². The van der Waals surface area contributed by atoms with E-state index in [0.29, 0.717) is 11.1 Å². The number of amides is 2. The lowest BCUT2D eigenvalue weighted by Crippen LogP contribution is -3.02. The number of anilines is 1. The summed E-state index contributed by atoms with van der Waals surface area (Å²) in [4.78, 5) is 54.9. The van der Waals surface area contributed by atoms with E-state index < -0.39 is 52.6 Å². The zero-order valence-corrected chi connectivity index (χ0v) is 16.5. The summed E-state index contributed by atoms with van der Waals surface area (Å²) < 4.78 is 13.4. The van der Waals surface area contributed by atoms with Crippen LogP contribution in [-0.4, -0.2) is 35.0 Å². The van der Waals surface area contributed by atoms with Gasteiger partial charge < -0.3 is 5.32 Å². The van der Waals surface area contributed by atoms with Gasteiger partial charge in [0, 0.05) is 17.0 Å². The largest absolute Gasteiger partial charge is 0.324 e. The first kappa shape index (κ1) is 18.8. The van der Waals surface area contributed by atoms with Crippen LogP contribution in [0.1, 0.15) is 34.6 Å². The molecule has 152 valence electrons. The van der Waals surface area contributed by atoms with E-state index >= 15 is 0 Å². The van der Waals surface area contributed by atoms with Crippen LogP contribution in [0.2, 0.25) is 0 Å². The summed E-state index contributed by atoms with van der Waals surface area (Å²) in [7, 11) is 0. The molecule has 5 rings (SSSR count). The van der Waals surface area contributed by atoms with Crippen molar-refractivity contribution in [3.63, 3.8) is 0 Å². The van der Waals surface area contributed by atoms with Crippen molar-refractivity contribution in [3.8, 4) is 0 Å². The molecule has 1 aliphatic carbocycles. The minimum absolute atomic E-state index is 0.0499. The third-order valence-electron chi connectivity index (χ3n) is 6.73. The molecule has 7 heteroatoms. The van der Waals surface area contributed by atoms with Gasteiger partial charge >= 0.3 is 0 Å². The van der Waals surface area contributed by atoms with Gasteiger partial charge in [-0.1, -0.05) is 38.1 Å². The smallest absolute Gasteiger partial charge is 0.245 e. The summed E-state index contributed by atoms with van der Waals surface area (Å²) in [6.45, 7) is 3.82. The van der Waals surface area contributed by atoms with E-state index in [1.54, 1.807) is 29.6 Å². The molecule has 2 heterocycles. The molecule has 0 unspecified atom stereocenters. The Kier molecular flexibility index (Phi) is 3.86. The van der Waals surface area contributed by atoms with Gasteiger partial charge in [-0.3, -0.25) is 19.2 Å². The van der Waals surface area contributed by atoms with E-state index in [9.17, 15) is 23.6 Å². The summed E-state index contributed by atoms with van der Waals surface area (Å²) in [5, 5.41) is 1.66. The Morgan fingerprint density at radius 2 is 1.47 bits per heavy atom. The number of quaternary nitrogens is 1. The first-order valence-electron chi connectivity index (χ1n) is 9.97. The normalized spacial score (nSPS) is 26.8. The number of hydrogen-bond donors (Lipinski definition) is 1. The Morgan fingerprint density at radius 1 is 0.900 bits per heavy atom. The van der Waals surface area contributed by atoms with Crippen molar-refractivity contribution in [2.24, 2.45) is 17.8 Å². The highest BCUT2D eigenvalue weighted by atomic mass is 19.1. The number of ketones is 2. The van der Waals surface area contributed by atoms with E-state index in [1.165, 1.54) is 24.3 Å². The summed E-state index contributed by atoms with van der Waals surface area (Å²) >= 11 is 0. The fraction of sp³-hybridized carbons (Fsp3) is 0.304. The van der Waals surface area contributed by atoms with Crippen LogP contribution in [0.5, 0.6) is 0 Å². The first-order valence-corrected chi connectivity index (χ1v) is 9.97. The van der Waals surface area contributed by atoms with E-state index in [1.807, 2.05) is 13.8 Å². The van der Waals surface area contributed by atoms with Gasteiger partial charge in [-0.2, -0.15) is 0 Å². The zero-order chi connectivity index (χ0) is 21.4. The molecule has 2 fully saturated rings. The van der Waals surface area contributed by atoms with Gasteiger partial charge in [-0.25, -0.2) is 9.29 Å².